The Balaban J connectivity index is 1.08. The Morgan fingerprint density at radius 3 is 2.25 bits per heavy atom. The maximum atomic E-state index is 6.26. The van der Waals surface area contributed by atoms with Gasteiger partial charge in [-0.1, -0.05) is 127 Å². The average Bonchev–Trinajstić information content (AvgIpc) is 3.70. The molecule has 0 aliphatic heterocycles. The highest BCUT2D eigenvalue weighted by atomic mass is 16.3. The van der Waals surface area contributed by atoms with Crippen molar-refractivity contribution in [1.29, 1.82) is 0 Å². The lowest BCUT2D eigenvalue weighted by molar-refractivity contribution is 0.669. The predicted molar refractivity (Wildman–Crippen MR) is 235 cm³/mol. The van der Waals surface area contributed by atoms with Gasteiger partial charge in [0.1, 0.15) is 11.2 Å². The molecule has 3 nitrogen and oxygen atoms in total. The molecule has 0 unspecified atom stereocenters. The summed E-state index contributed by atoms with van der Waals surface area (Å²) in [6.07, 6.45) is 13.8. The third kappa shape index (κ3) is 5.22. The SMILES string of the molecule is C1#CC(N(c2ccc3oc4ccccc4c3c2)c2ccccc2C2=CC=CCC2)=CC=C(c2cccc3c2ccc2c3c3ccccc3n2-c2ccccc2)C1. The second-order valence-corrected chi connectivity index (χ2v) is 14.6. The van der Waals surface area contributed by atoms with Crippen molar-refractivity contribution in [2.45, 2.75) is 19.3 Å². The van der Waals surface area contributed by atoms with Crippen molar-refractivity contribution in [1.82, 2.24) is 4.57 Å². The first-order valence-corrected chi connectivity index (χ1v) is 19.4. The fourth-order valence-electron chi connectivity index (χ4n) is 8.81. The number of hydrogen-bond donors (Lipinski definition) is 0. The van der Waals surface area contributed by atoms with Crippen LogP contribution in [0.5, 0.6) is 0 Å². The first kappa shape index (κ1) is 32.2. The summed E-state index contributed by atoms with van der Waals surface area (Å²) in [6, 6.07) is 54.3. The molecule has 0 saturated heterocycles. The molecular weight excluding hydrogens is 681 g/mol. The molecule has 0 saturated carbocycles. The summed E-state index contributed by atoms with van der Waals surface area (Å²) < 4.78 is 8.65. The van der Waals surface area contributed by atoms with E-state index in [0.717, 1.165) is 57.5 Å². The number of para-hydroxylation sites is 4. The molecule has 0 atom stereocenters. The Hall–Kier alpha value is -7.28. The lowest BCUT2D eigenvalue weighted by Gasteiger charge is -2.28. The average molecular weight is 717 g/mol. The molecule has 264 valence electrons. The van der Waals surface area contributed by atoms with Crippen LogP contribution in [0.2, 0.25) is 0 Å². The second-order valence-electron chi connectivity index (χ2n) is 14.6. The number of nitrogens with zero attached hydrogens (tertiary/aromatic N) is 2. The highest BCUT2D eigenvalue weighted by molar-refractivity contribution is 6.22. The number of allylic oxidation sites excluding steroid dienone is 8. The molecule has 11 rings (SSSR count). The molecular formula is C53H36N2O. The maximum Gasteiger partial charge on any atom is 0.135 e. The van der Waals surface area contributed by atoms with Gasteiger partial charge in [-0.2, -0.15) is 0 Å². The van der Waals surface area contributed by atoms with E-state index >= 15 is 0 Å². The summed E-state index contributed by atoms with van der Waals surface area (Å²) in [4.78, 5) is 2.34. The fraction of sp³-hybridized carbons (Fsp3) is 0.0566. The molecule has 0 radical (unpaired) electrons. The van der Waals surface area contributed by atoms with Gasteiger partial charge in [-0.3, -0.25) is 0 Å². The summed E-state index contributed by atoms with van der Waals surface area (Å²) in [5, 5.41) is 7.22. The van der Waals surface area contributed by atoms with Crippen molar-refractivity contribution in [3.63, 3.8) is 0 Å². The van der Waals surface area contributed by atoms with Crippen LogP contribution in [0.3, 0.4) is 0 Å². The maximum absolute atomic E-state index is 6.26. The van der Waals surface area contributed by atoms with Crippen molar-refractivity contribution in [2.24, 2.45) is 0 Å². The van der Waals surface area contributed by atoms with E-state index in [4.69, 9.17) is 4.42 Å². The van der Waals surface area contributed by atoms with Gasteiger partial charge in [0, 0.05) is 44.9 Å². The first-order chi connectivity index (χ1) is 27.8. The van der Waals surface area contributed by atoms with Gasteiger partial charge in [0.25, 0.3) is 0 Å². The molecule has 0 amide bonds. The summed E-state index contributed by atoms with van der Waals surface area (Å²) in [5.74, 6) is 7.24. The van der Waals surface area contributed by atoms with Crippen LogP contribution in [0.1, 0.15) is 30.4 Å². The fourth-order valence-corrected chi connectivity index (χ4v) is 8.81. The van der Waals surface area contributed by atoms with Crippen LogP contribution in [-0.2, 0) is 0 Å². The molecule has 0 bridgehead atoms. The minimum Gasteiger partial charge on any atom is -0.456 e. The third-order valence-electron chi connectivity index (χ3n) is 11.4. The highest BCUT2D eigenvalue weighted by Crippen LogP contribution is 2.42. The zero-order valence-corrected chi connectivity index (χ0v) is 30.7. The van der Waals surface area contributed by atoms with Gasteiger partial charge in [0.05, 0.1) is 22.4 Å². The molecule has 56 heavy (non-hydrogen) atoms. The van der Waals surface area contributed by atoms with Gasteiger partial charge < -0.3 is 13.9 Å². The minimum absolute atomic E-state index is 0.639. The topological polar surface area (TPSA) is 21.3 Å². The van der Waals surface area contributed by atoms with Gasteiger partial charge in [-0.05, 0) is 107 Å². The van der Waals surface area contributed by atoms with E-state index in [-0.39, 0.29) is 0 Å². The van der Waals surface area contributed by atoms with Crippen LogP contribution < -0.4 is 4.90 Å². The largest absolute Gasteiger partial charge is 0.456 e. The van der Waals surface area contributed by atoms with E-state index < -0.39 is 0 Å². The van der Waals surface area contributed by atoms with Crippen LogP contribution in [-0.4, -0.2) is 4.57 Å². The van der Waals surface area contributed by atoms with E-state index in [1.807, 2.05) is 12.1 Å². The molecule has 2 aromatic heterocycles. The minimum atomic E-state index is 0.639. The van der Waals surface area contributed by atoms with Crippen LogP contribution in [0.15, 0.2) is 192 Å². The van der Waals surface area contributed by atoms with E-state index in [0.29, 0.717) is 6.42 Å². The summed E-state index contributed by atoms with van der Waals surface area (Å²) in [7, 11) is 0. The standard InChI is InChI=1S/C53H36N2O/c1-3-15-36(16-4-1)42-21-7-10-26-48(42)54(40-31-34-52-47(35-40)44-22-9-12-28-51(44)56-52)39-20-13-17-37(29-30-39)41-24-14-25-45-43(41)32-33-50-53(45)46-23-8-11-27-49(46)55(50)38-18-5-2-6-19-38/h1-3,5-12,14-15,18-19,21-35H,4,16-17H2. The van der Waals surface area contributed by atoms with Gasteiger partial charge >= 0.3 is 0 Å². The number of fused-ring (bicyclic) bond motifs is 8. The van der Waals surface area contributed by atoms with Gasteiger partial charge in [-0.15, -0.1) is 0 Å². The normalized spacial score (nSPS) is 14.1. The zero-order chi connectivity index (χ0) is 37.0. The van der Waals surface area contributed by atoms with Crippen molar-refractivity contribution in [3.05, 3.63) is 199 Å². The van der Waals surface area contributed by atoms with Gasteiger partial charge in [0.2, 0.25) is 0 Å². The van der Waals surface area contributed by atoms with Gasteiger partial charge in [-0.25, -0.2) is 0 Å². The number of anilines is 2. The monoisotopic (exact) mass is 716 g/mol. The molecule has 2 aliphatic carbocycles. The van der Waals surface area contributed by atoms with E-state index in [9.17, 15) is 0 Å². The second kappa shape index (κ2) is 13.2. The van der Waals surface area contributed by atoms with Crippen molar-refractivity contribution < 1.29 is 4.42 Å². The number of rotatable bonds is 6. The number of benzene rings is 7. The number of aromatic nitrogens is 1. The van der Waals surface area contributed by atoms with E-state index in [1.54, 1.807) is 0 Å². The Morgan fingerprint density at radius 1 is 0.554 bits per heavy atom. The Morgan fingerprint density at radius 2 is 1.34 bits per heavy atom. The van der Waals surface area contributed by atoms with Crippen LogP contribution in [0, 0.1) is 11.8 Å². The third-order valence-corrected chi connectivity index (χ3v) is 11.4. The summed E-state index contributed by atoms with van der Waals surface area (Å²) >= 11 is 0. The molecule has 2 heterocycles. The Kier molecular flexibility index (Phi) is 7.60. The number of hydrogen-bond acceptors (Lipinski definition) is 2. The van der Waals surface area contributed by atoms with Crippen molar-refractivity contribution in [3.8, 4) is 17.5 Å². The quantitative estimate of drug-likeness (QED) is 0.160. The Bertz CT molecular complexity index is 3230. The molecule has 9 aromatic rings. The first-order valence-electron chi connectivity index (χ1n) is 19.4. The van der Waals surface area contributed by atoms with Crippen LogP contribution in [0.4, 0.5) is 11.4 Å². The van der Waals surface area contributed by atoms with Crippen molar-refractivity contribution >= 4 is 77.0 Å². The van der Waals surface area contributed by atoms with Gasteiger partial charge in [0.15, 0.2) is 0 Å². The van der Waals surface area contributed by atoms with Crippen LogP contribution in [0.25, 0.3) is 71.4 Å². The summed E-state index contributed by atoms with van der Waals surface area (Å²) in [5.41, 5.74) is 13.4. The van der Waals surface area contributed by atoms with E-state index in [1.165, 1.54) is 54.9 Å². The molecule has 2 aliphatic rings. The summed E-state index contributed by atoms with van der Waals surface area (Å²) in [6.45, 7) is 0. The lowest BCUT2D eigenvalue weighted by Crippen LogP contribution is -2.17. The lowest BCUT2D eigenvalue weighted by atomic mass is 9.94. The predicted octanol–water partition coefficient (Wildman–Crippen LogP) is 14.1. The van der Waals surface area contributed by atoms with Crippen LogP contribution >= 0.6 is 0 Å². The number of furan rings is 1. The molecule has 0 N–H and O–H groups in total. The molecule has 3 heteroatoms. The zero-order valence-electron chi connectivity index (χ0n) is 30.7. The Labute approximate surface area is 325 Å². The molecule has 0 spiro atoms. The smallest absolute Gasteiger partial charge is 0.135 e. The molecule has 7 aromatic carbocycles. The molecule has 0 fully saturated rings. The van der Waals surface area contributed by atoms with E-state index in [2.05, 4.69) is 191 Å². The van der Waals surface area contributed by atoms with Crippen molar-refractivity contribution in [2.75, 3.05) is 4.90 Å². The highest BCUT2D eigenvalue weighted by Gasteiger charge is 2.22.